The van der Waals surface area contributed by atoms with Crippen LogP contribution in [0.4, 0.5) is 0 Å². The molecule has 2 heterocycles. The summed E-state index contributed by atoms with van der Waals surface area (Å²) in [5.41, 5.74) is -0.282. The molecule has 0 aliphatic heterocycles. The molecule has 0 radical (unpaired) electrons. The molecule has 0 amide bonds. The zero-order valence-electron chi connectivity index (χ0n) is 11.8. The van der Waals surface area contributed by atoms with Crippen LogP contribution in [0.15, 0.2) is 15.1 Å². The van der Waals surface area contributed by atoms with Crippen molar-refractivity contribution in [3.63, 3.8) is 0 Å². The lowest BCUT2D eigenvalue weighted by atomic mass is 10.4. The van der Waals surface area contributed by atoms with Crippen LogP contribution in [0.5, 0.6) is 6.01 Å². The van der Waals surface area contributed by atoms with Crippen molar-refractivity contribution in [2.45, 2.75) is 43.5 Å². The molecule has 2 aromatic heterocycles. The Morgan fingerprint density at radius 1 is 1.38 bits per heavy atom. The smallest absolute Gasteiger partial charge is 0.344 e. The Balaban J connectivity index is 2.27. The lowest BCUT2D eigenvalue weighted by Crippen LogP contribution is -2.19. The van der Waals surface area contributed by atoms with Crippen LogP contribution in [-0.4, -0.2) is 36.3 Å². The van der Waals surface area contributed by atoms with Crippen LogP contribution < -0.4 is 10.4 Å². The monoisotopic (exact) mass is 330 g/mol. The highest BCUT2D eigenvalue weighted by Crippen LogP contribution is 2.25. The van der Waals surface area contributed by atoms with Gasteiger partial charge in [0.1, 0.15) is 0 Å². The molecule has 0 aliphatic rings. The topological polar surface area (TPSA) is 98.6 Å². The third kappa shape index (κ3) is 3.94. The van der Waals surface area contributed by atoms with E-state index in [1.165, 1.54) is 4.57 Å². The molecule has 0 aliphatic carbocycles. The van der Waals surface area contributed by atoms with Crippen LogP contribution in [-0.2, 0) is 0 Å². The summed E-state index contributed by atoms with van der Waals surface area (Å²) in [6, 6.07) is 0.125. The maximum absolute atomic E-state index is 11.7. The number of halogens is 1. The van der Waals surface area contributed by atoms with E-state index in [0.29, 0.717) is 16.9 Å². The van der Waals surface area contributed by atoms with E-state index in [-0.39, 0.29) is 23.0 Å². The Morgan fingerprint density at radius 2 is 2.14 bits per heavy atom. The minimum Gasteiger partial charge on any atom is -0.463 e. The maximum Gasteiger partial charge on any atom is 0.344 e. The van der Waals surface area contributed by atoms with E-state index >= 15 is 0 Å². The number of aromatic nitrogens is 6. The number of H-pyrrole nitrogens is 1. The molecule has 21 heavy (non-hydrogen) atoms. The Hall–Kier alpha value is -1.61. The first-order chi connectivity index (χ1) is 10.0. The second-order valence-electron chi connectivity index (χ2n) is 4.40. The molecule has 0 saturated heterocycles. The largest absolute Gasteiger partial charge is 0.463 e. The van der Waals surface area contributed by atoms with E-state index in [1.54, 1.807) is 0 Å². The highest BCUT2D eigenvalue weighted by atomic mass is 35.5. The van der Waals surface area contributed by atoms with Gasteiger partial charge >= 0.3 is 11.7 Å². The quantitative estimate of drug-likeness (QED) is 0.863. The van der Waals surface area contributed by atoms with Crippen molar-refractivity contribution in [2.24, 2.45) is 0 Å². The predicted molar refractivity (Wildman–Crippen MR) is 78.0 cm³/mol. The first-order valence-corrected chi connectivity index (χ1v) is 7.59. The van der Waals surface area contributed by atoms with Gasteiger partial charge < -0.3 is 4.74 Å². The van der Waals surface area contributed by atoms with Crippen molar-refractivity contribution >= 4 is 23.4 Å². The van der Waals surface area contributed by atoms with E-state index in [1.807, 2.05) is 20.8 Å². The van der Waals surface area contributed by atoms with Crippen molar-refractivity contribution < 1.29 is 4.74 Å². The Morgan fingerprint density at radius 3 is 2.81 bits per heavy atom. The summed E-state index contributed by atoms with van der Waals surface area (Å²) in [6.45, 7) is 6.24. The second kappa shape index (κ2) is 6.90. The van der Waals surface area contributed by atoms with Gasteiger partial charge in [-0.25, -0.2) is 9.89 Å². The third-order valence-electron chi connectivity index (χ3n) is 2.37. The Bertz CT molecular complexity index is 671. The van der Waals surface area contributed by atoms with Gasteiger partial charge in [0.25, 0.3) is 0 Å². The number of nitrogens with zero attached hydrogens (tertiary/aromatic N) is 5. The molecule has 1 N–H and O–H groups in total. The second-order valence-corrected chi connectivity index (χ2v) is 5.67. The first kappa shape index (κ1) is 15.8. The summed E-state index contributed by atoms with van der Waals surface area (Å²) >= 11 is 6.97. The summed E-state index contributed by atoms with van der Waals surface area (Å²) < 4.78 is 6.85. The Labute approximate surface area is 130 Å². The highest BCUT2D eigenvalue weighted by Gasteiger charge is 2.15. The molecular formula is C11H15ClN6O2S. The summed E-state index contributed by atoms with van der Waals surface area (Å²) in [4.78, 5) is 23.7. The van der Waals surface area contributed by atoms with Gasteiger partial charge in [0.2, 0.25) is 10.4 Å². The molecule has 0 atom stereocenters. The van der Waals surface area contributed by atoms with E-state index in [0.717, 1.165) is 18.2 Å². The molecule has 8 nitrogen and oxygen atoms in total. The standard InChI is InChI=1S/C11H15ClN6O2S/c1-4-5-20-8-13-7(12)14-9(15-8)21-11-17-16-10(19)18(11)6(2)3/h6H,4-5H2,1-3H3,(H,16,19). The van der Waals surface area contributed by atoms with Crippen molar-refractivity contribution in [3.05, 3.63) is 15.8 Å². The zero-order chi connectivity index (χ0) is 15.4. The van der Waals surface area contributed by atoms with Gasteiger partial charge in [-0.2, -0.15) is 15.0 Å². The highest BCUT2D eigenvalue weighted by molar-refractivity contribution is 7.99. The number of ether oxygens (including phenoxy) is 1. The summed E-state index contributed by atoms with van der Waals surface area (Å²) in [5.74, 6) is 0. The minimum absolute atomic E-state index is 0.0348. The Kier molecular flexibility index (Phi) is 5.18. The lowest BCUT2D eigenvalue weighted by molar-refractivity contribution is 0.288. The van der Waals surface area contributed by atoms with Gasteiger partial charge in [-0.15, -0.1) is 5.10 Å². The molecule has 0 unspecified atom stereocenters. The van der Waals surface area contributed by atoms with Crippen molar-refractivity contribution in [1.82, 2.24) is 29.7 Å². The van der Waals surface area contributed by atoms with Crippen LogP contribution in [0.3, 0.4) is 0 Å². The minimum atomic E-state index is -0.282. The van der Waals surface area contributed by atoms with E-state index in [2.05, 4.69) is 25.1 Å². The number of nitrogens with one attached hydrogen (secondary N) is 1. The molecule has 0 fully saturated rings. The number of aromatic amines is 1. The van der Waals surface area contributed by atoms with Crippen molar-refractivity contribution in [1.29, 1.82) is 0 Å². The van der Waals surface area contributed by atoms with Crippen molar-refractivity contribution in [3.8, 4) is 6.01 Å². The lowest BCUT2D eigenvalue weighted by Gasteiger charge is -2.08. The van der Waals surface area contributed by atoms with Gasteiger partial charge in [0.05, 0.1) is 6.61 Å². The molecule has 10 heteroatoms. The van der Waals surface area contributed by atoms with Crippen molar-refractivity contribution in [2.75, 3.05) is 6.61 Å². The molecule has 2 rings (SSSR count). The summed E-state index contributed by atoms with van der Waals surface area (Å²) in [5, 5.41) is 7.17. The average molecular weight is 331 g/mol. The maximum atomic E-state index is 11.7. The fourth-order valence-electron chi connectivity index (χ4n) is 1.52. The molecular weight excluding hydrogens is 316 g/mol. The zero-order valence-corrected chi connectivity index (χ0v) is 13.4. The predicted octanol–water partition coefficient (Wildman–Crippen LogP) is 1.93. The molecule has 0 bridgehead atoms. The fraction of sp³-hybridized carbons (Fsp3) is 0.545. The van der Waals surface area contributed by atoms with Crippen LogP contribution in [0, 0.1) is 0 Å². The van der Waals surface area contributed by atoms with Gasteiger partial charge in [-0.3, -0.25) is 4.57 Å². The molecule has 0 saturated carbocycles. The van der Waals surface area contributed by atoms with Gasteiger partial charge in [0.15, 0.2) is 5.16 Å². The number of hydrogen-bond donors (Lipinski definition) is 1. The van der Waals surface area contributed by atoms with Gasteiger partial charge in [-0.1, -0.05) is 6.92 Å². The molecule has 114 valence electrons. The fourth-order valence-corrected chi connectivity index (χ4v) is 2.62. The van der Waals surface area contributed by atoms with Crippen LogP contribution in [0.25, 0.3) is 0 Å². The first-order valence-electron chi connectivity index (χ1n) is 6.40. The number of rotatable bonds is 6. The van der Waals surface area contributed by atoms with E-state index in [4.69, 9.17) is 16.3 Å². The average Bonchev–Trinajstić information content (AvgIpc) is 2.76. The van der Waals surface area contributed by atoms with Crippen LogP contribution >= 0.6 is 23.4 Å². The molecule has 0 aromatic carbocycles. The van der Waals surface area contributed by atoms with E-state index < -0.39 is 0 Å². The third-order valence-corrected chi connectivity index (χ3v) is 3.38. The number of hydrogen-bond acceptors (Lipinski definition) is 7. The van der Waals surface area contributed by atoms with Gasteiger partial charge in [0, 0.05) is 6.04 Å². The SMILES string of the molecule is CCCOc1nc(Cl)nc(Sc2n[nH]c(=O)n2C(C)C)n1. The molecule has 0 spiro atoms. The summed E-state index contributed by atoms with van der Waals surface area (Å²) in [7, 11) is 0. The van der Waals surface area contributed by atoms with E-state index in [9.17, 15) is 4.79 Å². The molecule has 2 aromatic rings. The normalized spacial score (nSPS) is 11.1. The van der Waals surface area contributed by atoms with Gasteiger partial charge in [-0.05, 0) is 43.6 Å². The van der Waals surface area contributed by atoms with Crippen LogP contribution in [0.1, 0.15) is 33.2 Å². The summed E-state index contributed by atoms with van der Waals surface area (Å²) in [6.07, 6.45) is 0.831. The van der Waals surface area contributed by atoms with Crippen LogP contribution in [0.2, 0.25) is 5.28 Å².